The number of carbonyl (C=O) groups excluding carboxylic acids is 1. The quantitative estimate of drug-likeness (QED) is 0.138. The maximum atomic E-state index is 11.7. The van der Waals surface area contributed by atoms with Gasteiger partial charge in [0.1, 0.15) is 11.5 Å². The summed E-state index contributed by atoms with van der Waals surface area (Å²) in [6, 6.07) is 11.5. The van der Waals surface area contributed by atoms with Gasteiger partial charge in [0.15, 0.2) is 5.78 Å². The first kappa shape index (κ1) is 26.1. The van der Waals surface area contributed by atoms with E-state index in [1.54, 1.807) is 23.9 Å². The molecule has 2 aromatic carbocycles. The number of ether oxygens (including phenoxy) is 1. The van der Waals surface area contributed by atoms with Crippen molar-refractivity contribution in [1.82, 2.24) is 0 Å². The zero-order chi connectivity index (χ0) is 23.7. The summed E-state index contributed by atoms with van der Waals surface area (Å²) in [7, 11) is 0. The molecule has 0 fully saturated rings. The van der Waals surface area contributed by atoms with Crippen molar-refractivity contribution in [2.75, 3.05) is 12.4 Å². The fraction of sp³-hybridized carbons (Fsp3) is 0.440. The van der Waals surface area contributed by atoms with Gasteiger partial charge < -0.3 is 14.9 Å². The van der Waals surface area contributed by atoms with E-state index in [2.05, 4.69) is 12.6 Å². The Hall–Kier alpha value is -2.12. The van der Waals surface area contributed by atoms with Gasteiger partial charge >= 0.3 is 5.97 Å². The molecule has 0 saturated heterocycles. The lowest BCUT2D eigenvalue weighted by Crippen LogP contribution is -2.09. The monoisotopic (exact) mass is 476 g/mol. The highest BCUT2D eigenvalue weighted by atomic mass is 32.2. The van der Waals surface area contributed by atoms with E-state index < -0.39 is 5.97 Å². The van der Waals surface area contributed by atoms with Gasteiger partial charge in [-0.1, -0.05) is 32.4 Å². The van der Waals surface area contributed by atoms with Gasteiger partial charge in [0.25, 0.3) is 0 Å². The Morgan fingerprint density at radius 2 is 1.84 bits per heavy atom. The molecule has 174 valence electrons. The summed E-state index contributed by atoms with van der Waals surface area (Å²) in [5.74, 6) is 0.533. The van der Waals surface area contributed by atoms with Crippen LogP contribution in [0.15, 0.2) is 41.3 Å². The second kappa shape index (κ2) is 12.8. The molecule has 2 rings (SSSR count). The Bertz CT molecular complexity index is 911. The highest BCUT2D eigenvalue weighted by Crippen LogP contribution is 2.34. The zero-order valence-electron chi connectivity index (χ0n) is 18.8. The molecule has 0 heterocycles. The Labute approximate surface area is 200 Å². The third kappa shape index (κ3) is 7.48. The molecule has 7 heteroatoms. The molecular formula is C25H32O5S2. The largest absolute Gasteiger partial charge is 0.507 e. The van der Waals surface area contributed by atoms with Crippen LogP contribution in [0.4, 0.5) is 0 Å². The Kier molecular flexibility index (Phi) is 10.5. The predicted octanol–water partition coefficient (Wildman–Crippen LogP) is 6.19. The summed E-state index contributed by atoms with van der Waals surface area (Å²) in [4.78, 5) is 23.7. The Balaban J connectivity index is 1.85. The maximum absolute atomic E-state index is 11.7. The number of thioether (sulfide) groups is 1. The van der Waals surface area contributed by atoms with Gasteiger partial charge in [-0.15, -0.1) is 11.8 Å². The molecule has 5 nitrogen and oxygen atoms in total. The Morgan fingerprint density at radius 1 is 1.16 bits per heavy atom. The van der Waals surface area contributed by atoms with E-state index in [1.807, 2.05) is 38.1 Å². The number of Topliss-reactive ketones (excluding diaryl/α,β-unsaturated/α-hetero) is 1. The van der Waals surface area contributed by atoms with Crippen molar-refractivity contribution in [3.63, 3.8) is 0 Å². The molecule has 0 aliphatic rings. The molecule has 32 heavy (non-hydrogen) atoms. The van der Waals surface area contributed by atoms with Crippen LogP contribution in [0.1, 0.15) is 66.8 Å². The van der Waals surface area contributed by atoms with E-state index >= 15 is 0 Å². The number of thiol groups is 1. The van der Waals surface area contributed by atoms with E-state index in [9.17, 15) is 14.7 Å². The number of carboxylic acid groups (broad SMARTS) is 1. The molecule has 2 N–H and O–H groups in total. The second-order valence-electron chi connectivity index (χ2n) is 7.88. The second-order valence-corrected chi connectivity index (χ2v) is 9.61. The number of ketones is 1. The van der Waals surface area contributed by atoms with E-state index in [0.717, 1.165) is 29.1 Å². The summed E-state index contributed by atoms with van der Waals surface area (Å²) < 4.78 is 5.91. The molecule has 0 aromatic heterocycles. The topological polar surface area (TPSA) is 83.8 Å². The highest BCUT2D eigenvalue weighted by molar-refractivity contribution is 7.99. The smallest absolute Gasteiger partial charge is 0.303 e. The molecule has 0 bridgehead atoms. The summed E-state index contributed by atoms with van der Waals surface area (Å²) >= 11 is 6.31. The number of aliphatic carboxylic acids is 1. The fourth-order valence-corrected chi connectivity index (χ4v) is 4.54. The lowest BCUT2D eigenvalue weighted by Gasteiger charge is -2.18. The van der Waals surface area contributed by atoms with Gasteiger partial charge in [0, 0.05) is 27.9 Å². The van der Waals surface area contributed by atoms with Crippen LogP contribution < -0.4 is 4.74 Å². The van der Waals surface area contributed by atoms with Gasteiger partial charge in [-0.25, -0.2) is 0 Å². The van der Waals surface area contributed by atoms with Crippen LogP contribution in [0, 0.1) is 5.92 Å². The van der Waals surface area contributed by atoms with Crippen LogP contribution in [0.5, 0.6) is 11.5 Å². The van der Waals surface area contributed by atoms with Crippen molar-refractivity contribution in [3.05, 3.63) is 53.1 Å². The predicted molar refractivity (Wildman–Crippen MR) is 133 cm³/mol. The zero-order valence-corrected chi connectivity index (χ0v) is 20.5. The lowest BCUT2D eigenvalue weighted by atomic mass is 9.97. The number of hydrogen-bond donors (Lipinski definition) is 3. The first-order valence-electron chi connectivity index (χ1n) is 10.9. The minimum atomic E-state index is -0.808. The molecule has 2 unspecified atom stereocenters. The van der Waals surface area contributed by atoms with Crippen molar-refractivity contribution in [2.45, 2.75) is 56.6 Å². The Morgan fingerprint density at radius 3 is 2.44 bits per heavy atom. The molecule has 0 radical (unpaired) electrons. The summed E-state index contributed by atoms with van der Waals surface area (Å²) in [5, 5.41) is 19.3. The van der Waals surface area contributed by atoms with E-state index in [0.29, 0.717) is 29.9 Å². The van der Waals surface area contributed by atoms with Crippen LogP contribution in [0.2, 0.25) is 0 Å². The summed E-state index contributed by atoms with van der Waals surface area (Å²) in [6.07, 6.45) is 2.43. The fourth-order valence-electron chi connectivity index (χ4n) is 3.44. The van der Waals surface area contributed by atoms with Crippen molar-refractivity contribution in [2.24, 2.45) is 5.92 Å². The van der Waals surface area contributed by atoms with Crippen LogP contribution in [0.25, 0.3) is 0 Å². The number of phenols is 1. The molecule has 0 saturated carbocycles. The van der Waals surface area contributed by atoms with Crippen molar-refractivity contribution < 1.29 is 24.5 Å². The average Bonchev–Trinajstić information content (AvgIpc) is 2.75. The van der Waals surface area contributed by atoms with Gasteiger partial charge in [0.05, 0.1) is 12.2 Å². The summed E-state index contributed by atoms with van der Waals surface area (Å²) in [5.41, 5.74) is 2.05. The van der Waals surface area contributed by atoms with Gasteiger partial charge in [0.2, 0.25) is 0 Å². The molecule has 0 amide bonds. The van der Waals surface area contributed by atoms with Gasteiger partial charge in [-0.05, 0) is 55.5 Å². The number of hydrogen-bond acceptors (Lipinski definition) is 6. The van der Waals surface area contributed by atoms with Crippen LogP contribution in [-0.4, -0.2) is 34.3 Å². The van der Waals surface area contributed by atoms with E-state index in [4.69, 9.17) is 9.84 Å². The number of rotatable bonds is 13. The highest BCUT2D eigenvalue weighted by Gasteiger charge is 2.18. The lowest BCUT2D eigenvalue weighted by molar-refractivity contribution is -0.137. The van der Waals surface area contributed by atoms with Crippen molar-refractivity contribution >= 4 is 36.1 Å². The van der Waals surface area contributed by atoms with Crippen molar-refractivity contribution in [3.8, 4) is 11.5 Å². The van der Waals surface area contributed by atoms with Gasteiger partial charge in [-0.3, -0.25) is 9.59 Å². The first-order chi connectivity index (χ1) is 15.2. The van der Waals surface area contributed by atoms with Crippen molar-refractivity contribution in [1.29, 1.82) is 0 Å². The van der Waals surface area contributed by atoms with Gasteiger partial charge in [-0.2, -0.15) is 12.6 Å². The molecule has 0 aliphatic heterocycles. The minimum Gasteiger partial charge on any atom is -0.507 e. The van der Waals surface area contributed by atoms with Crippen LogP contribution >= 0.6 is 24.4 Å². The number of carbonyl (C=O) groups is 2. The number of carboxylic acids is 1. The number of phenolic OH excluding ortho intramolecular Hbond substituents is 1. The maximum Gasteiger partial charge on any atom is 0.303 e. The number of aromatic hydroxyl groups is 1. The molecule has 2 aromatic rings. The SMILES string of the molecule is CCCc1c(OCCCSc2ccc(C(S)C(C)CC(=O)O)cc2)ccc(C(C)=O)c1O. The average molecular weight is 477 g/mol. The molecular weight excluding hydrogens is 444 g/mol. The van der Waals surface area contributed by atoms with Crippen LogP contribution in [0.3, 0.4) is 0 Å². The van der Waals surface area contributed by atoms with E-state index in [-0.39, 0.29) is 29.1 Å². The minimum absolute atomic E-state index is 0.0338. The molecule has 0 spiro atoms. The number of benzene rings is 2. The molecule has 0 aliphatic carbocycles. The van der Waals surface area contributed by atoms with Crippen LogP contribution in [-0.2, 0) is 11.2 Å². The third-order valence-corrected chi connectivity index (χ3v) is 7.10. The standard InChI is InChI=1S/C25H32O5S2/c1-4-6-21-22(12-11-20(17(3)26)24(21)29)30-13-5-14-32-19-9-7-18(8-10-19)25(31)16(2)15-23(27)28/h7-12,16,25,29,31H,4-6,13-15H2,1-3H3,(H,27,28). The third-order valence-electron chi connectivity index (χ3n) is 5.19. The van der Waals surface area contributed by atoms with E-state index in [1.165, 1.54) is 6.92 Å². The summed E-state index contributed by atoms with van der Waals surface area (Å²) in [6.45, 7) is 5.89. The normalized spacial score (nSPS) is 12.9. The first-order valence-corrected chi connectivity index (χ1v) is 12.4. The molecule has 2 atom stereocenters.